The van der Waals surface area contributed by atoms with Crippen LogP contribution in [0.3, 0.4) is 0 Å². The SMILES string of the molecule is CC1(C)CCCN1c1c(F)cccc1CN. The summed E-state index contributed by atoms with van der Waals surface area (Å²) in [5.74, 6) is -0.155. The molecule has 3 heteroatoms. The number of rotatable bonds is 2. The van der Waals surface area contributed by atoms with Crippen molar-refractivity contribution in [1.29, 1.82) is 0 Å². The van der Waals surface area contributed by atoms with Crippen molar-refractivity contribution in [3.63, 3.8) is 0 Å². The molecule has 0 spiro atoms. The molecule has 1 fully saturated rings. The highest BCUT2D eigenvalue weighted by Gasteiger charge is 2.34. The summed E-state index contributed by atoms with van der Waals surface area (Å²) in [7, 11) is 0. The molecule has 0 atom stereocenters. The van der Waals surface area contributed by atoms with E-state index < -0.39 is 0 Å². The fourth-order valence-corrected chi connectivity index (χ4v) is 2.55. The van der Waals surface area contributed by atoms with Crippen molar-refractivity contribution in [2.45, 2.75) is 38.8 Å². The molecule has 1 aromatic carbocycles. The lowest BCUT2D eigenvalue weighted by molar-refractivity contribution is 0.505. The van der Waals surface area contributed by atoms with Gasteiger partial charge in [0.1, 0.15) is 5.82 Å². The largest absolute Gasteiger partial charge is 0.364 e. The molecular weight excluding hydrogens is 203 g/mol. The lowest BCUT2D eigenvalue weighted by atomic mass is 10.0. The molecule has 0 unspecified atom stereocenters. The van der Waals surface area contributed by atoms with E-state index in [9.17, 15) is 4.39 Å². The zero-order chi connectivity index (χ0) is 11.8. The molecule has 16 heavy (non-hydrogen) atoms. The first-order valence-corrected chi connectivity index (χ1v) is 5.81. The van der Waals surface area contributed by atoms with Gasteiger partial charge in [-0.25, -0.2) is 4.39 Å². The fourth-order valence-electron chi connectivity index (χ4n) is 2.55. The Morgan fingerprint density at radius 1 is 1.44 bits per heavy atom. The van der Waals surface area contributed by atoms with E-state index in [2.05, 4.69) is 18.7 Å². The summed E-state index contributed by atoms with van der Waals surface area (Å²) in [6, 6.07) is 5.15. The Morgan fingerprint density at radius 3 is 2.75 bits per heavy atom. The van der Waals surface area contributed by atoms with E-state index in [0.717, 1.165) is 24.9 Å². The van der Waals surface area contributed by atoms with E-state index in [1.807, 2.05) is 6.07 Å². The second kappa shape index (κ2) is 4.06. The quantitative estimate of drug-likeness (QED) is 0.833. The Balaban J connectivity index is 2.47. The smallest absolute Gasteiger partial charge is 0.146 e. The zero-order valence-electron chi connectivity index (χ0n) is 9.96. The first kappa shape index (κ1) is 11.4. The number of hydrogen-bond donors (Lipinski definition) is 1. The van der Waals surface area contributed by atoms with Gasteiger partial charge in [-0.2, -0.15) is 0 Å². The molecule has 2 nitrogen and oxygen atoms in total. The van der Waals surface area contributed by atoms with Crippen molar-refractivity contribution in [2.75, 3.05) is 11.4 Å². The molecule has 1 aliphatic heterocycles. The Bertz CT molecular complexity index is 388. The molecule has 1 aromatic rings. The van der Waals surface area contributed by atoms with Gasteiger partial charge in [-0.1, -0.05) is 12.1 Å². The number of nitrogens with zero attached hydrogens (tertiary/aromatic N) is 1. The molecule has 1 saturated heterocycles. The molecule has 0 saturated carbocycles. The van der Waals surface area contributed by atoms with E-state index >= 15 is 0 Å². The molecule has 88 valence electrons. The van der Waals surface area contributed by atoms with Crippen LogP contribution in [0.1, 0.15) is 32.3 Å². The van der Waals surface area contributed by atoms with Crippen molar-refractivity contribution in [2.24, 2.45) is 5.73 Å². The highest BCUT2D eigenvalue weighted by Crippen LogP contribution is 2.36. The molecule has 0 bridgehead atoms. The predicted molar refractivity (Wildman–Crippen MR) is 65.0 cm³/mol. The number of benzene rings is 1. The average molecular weight is 222 g/mol. The second-order valence-corrected chi connectivity index (χ2v) is 5.02. The minimum Gasteiger partial charge on any atom is -0.364 e. The highest BCUT2D eigenvalue weighted by atomic mass is 19.1. The molecule has 0 radical (unpaired) electrons. The normalized spacial score (nSPS) is 19.1. The predicted octanol–water partition coefficient (Wildman–Crippen LogP) is 2.66. The van der Waals surface area contributed by atoms with Gasteiger partial charge in [0.2, 0.25) is 0 Å². The Labute approximate surface area is 96.2 Å². The summed E-state index contributed by atoms with van der Waals surface area (Å²) in [5, 5.41) is 0. The number of para-hydroxylation sites is 1. The molecule has 1 aliphatic rings. The third-order valence-corrected chi connectivity index (χ3v) is 3.46. The van der Waals surface area contributed by atoms with Crippen LogP contribution < -0.4 is 10.6 Å². The second-order valence-electron chi connectivity index (χ2n) is 5.02. The Morgan fingerprint density at radius 2 is 2.19 bits per heavy atom. The average Bonchev–Trinajstić information content (AvgIpc) is 2.57. The lowest BCUT2D eigenvalue weighted by Gasteiger charge is -2.35. The highest BCUT2D eigenvalue weighted by molar-refractivity contribution is 5.57. The van der Waals surface area contributed by atoms with Crippen molar-refractivity contribution in [3.05, 3.63) is 29.6 Å². The summed E-state index contributed by atoms with van der Waals surface area (Å²) in [4.78, 5) is 2.16. The van der Waals surface area contributed by atoms with Crippen molar-refractivity contribution in [1.82, 2.24) is 0 Å². The van der Waals surface area contributed by atoms with Crippen LogP contribution in [0.2, 0.25) is 0 Å². The minimum atomic E-state index is -0.155. The third kappa shape index (κ3) is 1.80. The standard InChI is InChI=1S/C13H19FN2/c1-13(2)7-4-8-16(13)12-10(9-15)5-3-6-11(12)14/h3,5-6H,4,7-9,15H2,1-2H3. The van der Waals surface area contributed by atoms with E-state index in [1.54, 1.807) is 6.07 Å². The Kier molecular flexibility index (Phi) is 2.89. The Hall–Kier alpha value is -1.09. The number of nitrogens with two attached hydrogens (primary N) is 1. The van der Waals surface area contributed by atoms with E-state index in [1.165, 1.54) is 6.07 Å². The van der Waals surface area contributed by atoms with Gasteiger partial charge in [-0.05, 0) is 38.3 Å². The van der Waals surface area contributed by atoms with Crippen molar-refractivity contribution >= 4 is 5.69 Å². The van der Waals surface area contributed by atoms with Gasteiger partial charge < -0.3 is 10.6 Å². The molecule has 1 heterocycles. The van der Waals surface area contributed by atoms with Gasteiger partial charge in [0.25, 0.3) is 0 Å². The molecule has 2 rings (SSSR count). The van der Waals surface area contributed by atoms with Crippen LogP contribution in [-0.4, -0.2) is 12.1 Å². The van der Waals surface area contributed by atoms with E-state index in [-0.39, 0.29) is 11.4 Å². The van der Waals surface area contributed by atoms with Crippen LogP contribution in [-0.2, 0) is 6.54 Å². The number of hydrogen-bond acceptors (Lipinski definition) is 2. The van der Waals surface area contributed by atoms with Crippen LogP contribution >= 0.6 is 0 Å². The summed E-state index contributed by atoms with van der Waals surface area (Å²) in [6.45, 7) is 5.63. The van der Waals surface area contributed by atoms with Gasteiger partial charge in [0.15, 0.2) is 0 Å². The topological polar surface area (TPSA) is 29.3 Å². The van der Waals surface area contributed by atoms with Gasteiger partial charge in [-0.3, -0.25) is 0 Å². The molecular formula is C13H19FN2. The summed E-state index contributed by atoms with van der Waals surface area (Å²) >= 11 is 0. The molecule has 2 N–H and O–H groups in total. The first-order chi connectivity index (χ1) is 7.56. The molecule has 0 aliphatic carbocycles. The summed E-state index contributed by atoms with van der Waals surface area (Å²) in [5.41, 5.74) is 7.32. The van der Waals surface area contributed by atoms with E-state index in [4.69, 9.17) is 5.73 Å². The van der Waals surface area contributed by atoms with Crippen LogP contribution in [0, 0.1) is 5.82 Å². The first-order valence-electron chi connectivity index (χ1n) is 5.81. The van der Waals surface area contributed by atoms with Crippen LogP contribution in [0.4, 0.5) is 10.1 Å². The van der Waals surface area contributed by atoms with Crippen LogP contribution in [0.25, 0.3) is 0 Å². The van der Waals surface area contributed by atoms with Crippen molar-refractivity contribution < 1.29 is 4.39 Å². The van der Waals surface area contributed by atoms with E-state index in [0.29, 0.717) is 12.2 Å². The maximum Gasteiger partial charge on any atom is 0.146 e. The molecule has 0 amide bonds. The van der Waals surface area contributed by atoms with Gasteiger partial charge in [0.05, 0.1) is 5.69 Å². The maximum absolute atomic E-state index is 13.9. The van der Waals surface area contributed by atoms with Gasteiger partial charge in [-0.15, -0.1) is 0 Å². The third-order valence-electron chi connectivity index (χ3n) is 3.46. The summed E-state index contributed by atoms with van der Waals surface area (Å²) < 4.78 is 13.9. The maximum atomic E-state index is 13.9. The lowest BCUT2D eigenvalue weighted by Crippen LogP contribution is -2.39. The number of halogens is 1. The van der Waals surface area contributed by atoms with Crippen molar-refractivity contribution in [3.8, 4) is 0 Å². The summed E-state index contributed by atoms with van der Waals surface area (Å²) in [6.07, 6.45) is 2.22. The number of anilines is 1. The monoisotopic (exact) mass is 222 g/mol. The van der Waals surface area contributed by atoms with Crippen LogP contribution in [0.5, 0.6) is 0 Å². The molecule has 0 aromatic heterocycles. The fraction of sp³-hybridized carbons (Fsp3) is 0.538. The van der Waals surface area contributed by atoms with Gasteiger partial charge >= 0.3 is 0 Å². The van der Waals surface area contributed by atoms with Crippen LogP contribution in [0.15, 0.2) is 18.2 Å². The zero-order valence-corrected chi connectivity index (χ0v) is 9.96. The van der Waals surface area contributed by atoms with Gasteiger partial charge in [0, 0.05) is 18.6 Å². The minimum absolute atomic E-state index is 0.0338.